The molecule has 5 nitrogen and oxygen atoms in total. The van der Waals surface area contributed by atoms with Gasteiger partial charge in [-0.15, -0.1) is 0 Å². The zero-order valence-corrected chi connectivity index (χ0v) is 15.1. The van der Waals surface area contributed by atoms with E-state index in [-0.39, 0.29) is 17.2 Å². The van der Waals surface area contributed by atoms with Gasteiger partial charge in [0.05, 0.1) is 5.56 Å². The molecule has 0 radical (unpaired) electrons. The van der Waals surface area contributed by atoms with Gasteiger partial charge in [-0.1, -0.05) is 41.9 Å². The zero-order valence-electron chi connectivity index (χ0n) is 14.4. The molecule has 26 heavy (non-hydrogen) atoms. The molecule has 0 bridgehead atoms. The molecule has 0 aromatic heterocycles. The summed E-state index contributed by atoms with van der Waals surface area (Å²) in [5.74, 6) is -0.838. The van der Waals surface area contributed by atoms with Gasteiger partial charge in [0, 0.05) is 29.4 Å². The van der Waals surface area contributed by atoms with Crippen LogP contribution in [0.2, 0.25) is 5.02 Å². The summed E-state index contributed by atoms with van der Waals surface area (Å²) < 4.78 is 5.61. The van der Waals surface area contributed by atoms with E-state index in [1.165, 1.54) is 12.1 Å². The Kier molecular flexibility index (Phi) is 5.78. The number of carbonyl (C=O) groups excluding carboxylic acids is 2. The number of nitrogen functional groups attached to an aromatic ring is 1. The lowest BCUT2D eigenvalue weighted by molar-refractivity contribution is -0.142. The molecule has 0 unspecified atom stereocenters. The molecular formula is C20H21ClN2O3. The molecule has 0 saturated carbocycles. The fraction of sp³-hybridized carbons (Fsp3) is 0.300. The summed E-state index contributed by atoms with van der Waals surface area (Å²) in [6.45, 7) is 1.37. The summed E-state index contributed by atoms with van der Waals surface area (Å²) in [6, 6.07) is 13.6. The highest BCUT2D eigenvalue weighted by atomic mass is 35.5. The number of hydrogen-bond donors (Lipinski definition) is 1. The van der Waals surface area contributed by atoms with Crippen molar-refractivity contribution in [2.75, 3.05) is 18.8 Å². The van der Waals surface area contributed by atoms with E-state index in [1.807, 2.05) is 18.2 Å². The molecule has 136 valence electrons. The first kappa shape index (κ1) is 18.3. The van der Waals surface area contributed by atoms with E-state index in [0.717, 1.165) is 19.3 Å². The van der Waals surface area contributed by atoms with E-state index in [9.17, 15) is 9.59 Å². The van der Waals surface area contributed by atoms with E-state index >= 15 is 0 Å². The SMILES string of the molecule is Nc1cc(Cl)ccc1C(=O)O[C@@H](C(=O)N1CCCCC1)c1ccccc1. The second-order valence-electron chi connectivity index (χ2n) is 6.31. The lowest BCUT2D eigenvalue weighted by Gasteiger charge is -2.30. The number of nitrogens with two attached hydrogens (primary N) is 1. The molecule has 1 aliphatic heterocycles. The number of benzene rings is 2. The molecule has 0 aliphatic carbocycles. The van der Waals surface area contributed by atoms with E-state index in [0.29, 0.717) is 23.7 Å². The van der Waals surface area contributed by atoms with E-state index in [2.05, 4.69) is 0 Å². The molecule has 1 amide bonds. The van der Waals surface area contributed by atoms with Crippen molar-refractivity contribution < 1.29 is 14.3 Å². The second-order valence-corrected chi connectivity index (χ2v) is 6.75. The van der Waals surface area contributed by atoms with Crippen molar-refractivity contribution in [3.63, 3.8) is 0 Å². The first-order valence-electron chi connectivity index (χ1n) is 8.66. The minimum Gasteiger partial charge on any atom is -0.444 e. The van der Waals surface area contributed by atoms with Crippen LogP contribution in [0.1, 0.15) is 41.3 Å². The van der Waals surface area contributed by atoms with Crippen molar-refractivity contribution in [2.24, 2.45) is 0 Å². The summed E-state index contributed by atoms with van der Waals surface area (Å²) in [4.78, 5) is 27.4. The van der Waals surface area contributed by atoms with Crippen LogP contribution in [0.3, 0.4) is 0 Å². The van der Waals surface area contributed by atoms with Crippen LogP contribution in [-0.4, -0.2) is 29.9 Å². The summed E-state index contributed by atoms with van der Waals surface area (Å²) >= 11 is 5.88. The highest BCUT2D eigenvalue weighted by Crippen LogP contribution is 2.26. The van der Waals surface area contributed by atoms with Crippen molar-refractivity contribution >= 4 is 29.2 Å². The molecule has 2 N–H and O–H groups in total. The number of likely N-dealkylation sites (tertiary alicyclic amines) is 1. The van der Waals surface area contributed by atoms with Gasteiger partial charge in [-0.25, -0.2) is 4.79 Å². The molecule has 6 heteroatoms. The normalized spacial score (nSPS) is 15.3. The van der Waals surface area contributed by atoms with Gasteiger partial charge in [0.15, 0.2) is 0 Å². The van der Waals surface area contributed by atoms with Gasteiger partial charge >= 0.3 is 5.97 Å². The van der Waals surface area contributed by atoms with Crippen molar-refractivity contribution in [2.45, 2.75) is 25.4 Å². The third-order valence-electron chi connectivity index (χ3n) is 4.45. The standard InChI is InChI=1S/C20H21ClN2O3/c21-15-9-10-16(17(22)13-15)20(25)26-18(14-7-3-1-4-8-14)19(24)23-11-5-2-6-12-23/h1,3-4,7-10,13,18H,2,5-6,11-12,22H2/t18-/m1/s1. The number of carbonyl (C=O) groups is 2. The molecule has 3 rings (SSSR count). The molecule has 1 fully saturated rings. The Morgan fingerprint density at radius 1 is 1.04 bits per heavy atom. The number of ether oxygens (including phenoxy) is 1. The van der Waals surface area contributed by atoms with Crippen molar-refractivity contribution in [3.05, 3.63) is 64.7 Å². The molecule has 0 spiro atoms. The fourth-order valence-corrected chi connectivity index (χ4v) is 3.24. The molecule has 1 aliphatic rings. The summed E-state index contributed by atoms with van der Waals surface area (Å²) in [7, 11) is 0. The summed E-state index contributed by atoms with van der Waals surface area (Å²) in [5.41, 5.74) is 6.94. The molecule has 1 atom stereocenters. The minimum absolute atomic E-state index is 0.196. The molecule has 2 aromatic rings. The maximum Gasteiger partial charge on any atom is 0.341 e. The highest BCUT2D eigenvalue weighted by molar-refractivity contribution is 6.31. The van der Waals surface area contributed by atoms with Crippen LogP contribution < -0.4 is 5.73 Å². The fourth-order valence-electron chi connectivity index (χ4n) is 3.06. The first-order chi connectivity index (χ1) is 12.6. The number of rotatable bonds is 4. The van der Waals surface area contributed by atoms with E-state index < -0.39 is 12.1 Å². The van der Waals surface area contributed by atoms with Crippen LogP contribution in [-0.2, 0) is 9.53 Å². The number of hydrogen-bond acceptors (Lipinski definition) is 4. The predicted molar refractivity (Wildman–Crippen MR) is 101 cm³/mol. The average Bonchev–Trinajstić information content (AvgIpc) is 2.67. The topological polar surface area (TPSA) is 72.6 Å². The van der Waals surface area contributed by atoms with Crippen LogP contribution in [0.4, 0.5) is 5.69 Å². The number of piperidine rings is 1. The quantitative estimate of drug-likeness (QED) is 0.653. The second kappa shape index (κ2) is 8.23. The van der Waals surface area contributed by atoms with Gasteiger partial charge in [-0.2, -0.15) is 0 Å². The van der Waals surface area contributed by atoms with Gasteiger partial charge in [-0.3, -0.25) is 4.79 Å². The van der Waals surface area contributed by atoms with Crippen LogP contribution in [0.25, 0.3) is 0 Å². The maximum atomic E-state index is 13.0. The smallest absolute Gasteiger partial charge is 0.341 e. The lowest BCUT2D eigenvalue weighted by Crippen LogP contribution is -2.40. The number of amides is 1. The van der Waals surface area contributed by atoms with Gasteiger partial charge in [-0.05, 0) is 37.5 Å². The Labute approximate surface area is 157 Å². The Bertz CT molecular complexity index is 789. The first-order valence-corrected chi connectivity index (χ1v) is 9.04. The highest BCUT2D eigenvalue weighted by Gasteiger charge is 2.31. The Hall–Kier alpha value is -2.53. The van der Waals surface area contributed by atoms with Crippen LogP contribution in [0, 0.1) is 0 Å². The minimum atomic E-state index is -0.989. The molecular weight excluding hydrogens is 352 g/mol. The van der Waals surface area contributed by atoms with Gasteiger partial charge in [0.1, 0.15) is 0 Å². The van der Waals surface area contributed by atoms with Crippen molar-refractivity contribution in [1.29, 1.82) is 0 Å². The monoisotopic (exact) mass is 372 g/mol. The number of esters is 1. The van der Waals surface area contributed by atoms with Crippen LogP contribution in [0.5, 0.6) is 0 Å². The lowest BCUT2D eigenvalue weighted by atomic mass is 10.1. The predicted octanol–water partition coefficient (Wildman–Crippen LogP) is 3.83. The van der Waals surface area contributed by atoms with Crippen molar-refractivity contribution in [3.8, 4) is 0 Å². The maximum absolute atomic E-state index is 13.0. The molecule has 1 saturated heterocycles. The van der Waals surface area contributed by atoms with E-state index in [1.54, 1.807) is 23.1 Å². The third kappa shape index (κ3) is 4.17. The van der Waals surface area contributed by atoms with Gasteiger partial charge in [0.2, 0.25) is 6.10 Å². The number of anilines is 1. The van der Waals surface area contributed by atoms with Gasteiger partial charge in [0.25, 0.3) is 5.91 Å². The van der Waals surface area contributed by atoms with Crippen LogP contribution in [0.15, 0.2) is 48.5 Å². The Morgan fingerprint density at radius 2 is 1.73 bits per heavy atom. The zero-order chi connectivity index (χ0) is 18.5. The third-order valence-corrected chi connectivity index (χ3v) is 4.69. The molecule has 2 aromatic carbocycles. The Morgan fingerprint density at radius 3 is 2.38 bits per heavy atom. The van der Waals surface area contributed by atoms with E-state index in [4.69, 9.17) is 22.1 Å². The number of halogens is 1. The molecule has 1 heterocycles. The average molecular weight is 373 g/mol. The summed E-state index contributed by atoms with van der Waals surface area (Å²) in [6.07, 6.45) is 2.05. The van der Waals surface area contributed by atoms with Crippen LogP contribution >= 0.6 is 11.6 Å². The Balaban J connectivity index is 1.85. The summed E-state index contributed by atoms with van der Waals surface area (Å²) in [5, 5.41) is 0.433. The van der Waals surface area contributed by atoms with Gasteiger partial charge < -0.3 is 15.4 Å². The number of nitrogens with zero attached hydrogens (tertiary/aromatic N) is 1. The largest absolute Gasteiger partial charge is 0.444 e. The van der Waals surface area contributed by atoms with Crippen molar-refractivity contribution in [1.82, 2.24) is 4.90 Å².